The number of aliphatic hydroxyl groups excluding tert-OH is 2. The number of benzene rings is 3. The number of H-pyrrole nitrogens is 1. The summed E-state index contributed by atoms with van der Waals surface area (Å²) in [5.41, 5.74) is -0.427. The number of nitrogens with one attached hydrogen (secondary N) is 1. The molecule has 0 saturated carbocycles. The first-order chi connectivity index (χ1) is 19.8. The van der Waals surface area contributed by atoms with E-state index in [-0.39, 0.29) is 0 Å². The standard InChI is InChI=1S/C31H32N2O8/c1-38-22-13-9-20(10-14-22)31(19-7-5-4-6-8-19,21-11-15-23(39-2)16-12-21)28(36)26-25(35)27(40-3)29(41-26)33-18-17-24(34)32-30(33)37/h4-18,25-29,35-36H,1-3H3,(H,32,34,37)/t25-,26+,27-,28?,29-/m1/s1. The normalized spacial score (nSPS) is 21.4. The van der Waals surface area contributed by atoms with Crippen LogP contribution in [0, 0.1) is 0 Å². The minimum absolute atomic E-state index is 0.572. The predicted molar refractivity (Wildman–Crippen MR) is 150 cm³/mol. The highest BCUT2D eigenvalue weighted by Gasteiger charge is 2.55. The van der Waals surface area contributed by atoms with Crippen molar-refractivity contribution in [2.75, 3.05) is 21.3 Å². The first-order valence-electron chi connectivity index (χ1n) is 13.1. The third kappa shape index (κ3) is 4.95. The molecular weight excluding hydrogens is 528 g/mol. The average Bonchev–Trinajstić information content (AvgIpc) is 3.34. The van der Waals surface area contributed by atoms with E-state index in [4.69, 9.17) is 18.9 Å². The van der Waals surface area contributed by atoms with Crippen LogP contribution in [-0.2, 0) is 14.9 Å². The van der Waals surface area contributed by atoms with E-state index in [9.17, 15) is 19.8 Å². The second kappa shape index (κ2) is 11.7. The number of ether oxygens (including phenoxy) is 4. The molecule has 5 rings (SSSR count). The number of aliphatic hydroxyl groups is 2. The van der Waals surface area contributed by atoms with Crippen molar-refractivity contribution in [3.8, 4) is 11.5 Å². The van der Waals surface area contributed by atoms with Gasteiger partial charge in [0.05, 0.1) is 19.6 Å². The van der Waals surface area contributed by atoms with Crippen LogP contribution in [0.2, 0.25) is 0 Å². The van der Waals surface area contributed by atoms with Crippen LogP contribution in [0.5, 0.6) is 11.5 Å². The number of hydrogen-bond acceptors (Lipinski definition) is 8. The van der Waals surface area contributed by atoms with Gasteiger partial charge in [-0.15, -0.1) is 0 Å². The topological polar surface area (TPSA) is 132 Å². The third-order valence-corrected chi connectivity index (χ3v) is 7.72. The summed E-state index contributed by atoms with van der Waals surface area (Å²) in [6.45, 7) is 0. The SMILES string of the molecule is COc1ccc(C(c2ccccc2)(c2ccc(OC)cc2)C(O)[C@H]2O[C@@H](n3ccc(=O)[nH]c3=O)[C@H](OC)[C@@H]2O)cc1. The fourth-order valence-electron chi connectivity index (χ4n) is 5.71. The van der Waals surface area contributed by atoms with Gasteiger partial charge in [0.2, 0.25) is 0 Å². The van der Waals surface area contributed by atoms with Crippen molar-refractivity contribution in [3.63, 3.8) is 0 Å². The number of rotatable bonds is 9. The van der Waals surface area contributed by atoms with Gasteiger partial charge in [0, 0.05) is 19.4 Å². The molecule has 1 unspecified atom stereocenters. The maximum Gasteiger partial charge on any atom is 0.330 e. The molecule has 0 aliphatic carbocycles. The Hall–Kier alpha value is -4.22. The lowest BCUT2D eigenvalue weighted by Gasteiger charge is -2.42. The summed E-state index contributed by atoms with van der Waals surface area (Å²) in [5, 5.41) is 24.0. The Morgan fingerprint density at radius 2 is 1.37 bits per heavy atom. The molecule has 3 N–H and O–H groups in total. The molecule has 1 aromatic heterocycles. The van der Waals surface area contributed by atoms with E-state index in [0.29, 0.717) is 22.6 Å². The number of methoxy groups -OCH3 is 3. The van der Waals surface area contributed by atoms with Crippen LogP contribution < -0.4 is 20.7 Å². The first kappa shape index (κ1) is 28.3. The molecule has 1 aliphatic heterocycles. The minimum atomic E-state index is -1.40. The summed E-state index contributed by atoms with van der Waals surface area (Å²) in [4.78, 5) is 26.5. The van der Waals surface area contributed by atoms with Gasteiger partial charge in [-0.25, -0.2) is 4.79 Å². The Morgan fingerprint density at radius 1 is 0.829 bits per heavy atom. The van der Waals surface area contributed by atoms with Gasteiger partial charge in [-0.1, -0.05) is 54.6 Å². The van der Waals surface area contributed by atoms with Crippen molar-refractivity contribution in [2.45, 2.75) is 36.1 Å². The molecule has 0 amide bonds. The highest BCUT2D eigenvalue weighted by molar-refractivity contribution is 5.54. The minimum Gasteiger partial charge on any atom is -0.497 e. The molecule has 3 aromatic carbocycles. The van der Waals surface area contributed by atoms with Gasteiger partial charge in [0.25, 0.3) is 5.56 Å². The molecule has 1 fully saturated rings. The second-order valence-electron chi connectivity index (χ2n) is 9.78. The van der Waals surface area contributed by atoms with E-state index < -0.39 is 47.3 Å². The van der Waals surface area contributed by atoms with Crippen molar-refractivity contribution >= 4 is 0 Å². The lowest BCUT2D eigenvalue weighted by Crippen LogP contribution is -2.52. The molecule has 0 radical (unpaired) electrons. The smallest absolute Gasteiger partial charge is 0.330 e. The molecule has 0 bridgehead atoms. The van der Waals surface area contributed by atoms with E-state index in [1.54, 1.807) is 38.5 Å². The highest BCUT2D eigenvalue weighted by atomic mass is 16.6. The number of aromatic amines is 1. The summed E-state index contributed by atoms with van der Waals surface area (Å²) in [6.07, 6.45) is -4.86. The van der Waals surface area contributed by atoms with E-state index >= 15 is 0 Å². The monoisotopic (exact) mass is 560 g/mol. The molecule has 10 nitrogen and oxygen atoms in total. The van der Waals surface area contributed by atoms with Gasteiger partial charge in [-0.3, -0.25) is 14.3 Å². The molecule has 0 spiro atoms. The van der Waals surface area contributed by atoms with Crippen LogP contribution in [-0.4, -0.2) is 65.5 Å². The largest absolute Gasteiger partial charge is 0.497 e. The van der Waals surface area contributed by atoms with Crippen LogP contribution in [0.1, 0.15) is 22.9 Å². The van der Waals surface area contributed by atoms with Gasteiger partial charge in [0.1, 0.15) is 35.9 Å². The quantitative estimate of drug-likeness (QED) is 0.266. The van der Waals surface area contributed by atoms with Crippen molar-refractivity contribution in [3.05, 3.63) is 129 Å². The Kier molecular flexibility index (Phi) is 8.09. The van der Waals surface area contributed by atoms with E-state index in [2.05, 4.69) is 4.98 Å². The Morgan fingerprint density at radius 3 is 1.85 bits per heavy atom. The lowest BCUT2D eigenvalue weighted by atomic mass is 9.64. The molecule has 4 aromatic rings. The van der Waals surface area contributed by atoms with E-state index in [0.717, 1.165) is 10.1 Å². The van der Waals surface area contributed by atoms with Crippen LogP contribution in [0.3, 0.4) is 0 Å². The van der Waals surface area contributed by atoms with Crippen LogP contribution >= 0.6 is 0 Å². The Balaban J connectivity index is 1.72. The molecule has 1 aliphatic rings. The average molecular weight is 561 g/mol. The summed E-state index contributed by atoms with van der Waals surface area (Å²) >= 11 is 0. The molecule has 2 heterocycles. The van der Waals surface area contributed by atoms with Crippen molar-refractivity contribution in [1.82, 2.24) is 9.55 Å². The molecule has 10 heteroatoms. The maximum absolute atomic E-state index is 12.7. The zero-order chi connectivity index (χ0) is 29.1. The molecular formula is C31H32N2O8. The van der Waals surface area contributed by atoms with Crippen LogP contribution in [0.15, 0.2) is 101 Å². The van der Waals surface area contributed by atoms with Crippen molar-refractivity contribution in [1.29, 1.82) is 0 Å². The second-order valence-corrected chi connectivity index (χ2v) is 9.78. The van der Waals surface area contributed by atoms with E-state index in [1.165, 1.54) is 19.4 Å². The summed E-state index contributed by atoms with van der Waals surface area (Å²) < 4.78 is 23.8. The van der Waals surface area contributed by atoms with Gasteiger partial charge in [-0.05, 0) is 41.0 Å². The van der Waals surface area contributed by atoms with Gasteiger partial charge >= 0.3 is 5.69 Å². The predicted octanol–water partition coefficient (Wildman–Crippen LogP) is 2.22. The Bertz CT molecular complexity index is 1520. The summed E-state index contributed by atoms with van der Waals surface area (Å²) in [6, 6.07) is 25.2. The van der Waals surface area contributed by atoms with Gasteiger partial charge in [-0.2, -0.15) is 0 Å². The fourth-order valence-corrected chi connectivity index (χ4v) is 5.71. The number of hydrogen-bond donors (Lipinski definition) is 3. The summed E-state index contributed by atoms with van der Waals surface area (Å²) in [5.74, 6) is 1.27. The zero-order valence-electron chi connectivity index (χ0n) is 22.8. The number of nitrogens with zero attached hydrogens (tertiary/aromatic N) is 1. The van der Waals surface area contributed by atoms with Gasteiger partial charge < -0.3 is 29.2 Å². The Labute approximate surface area is 236 Å². The first-order valence-corrected chi connectivity index (χ1v) is 13.1. The van der Waals surface area contributed by atoms with Crippen molar-refractivity contribution in [2.24, 2.45) is 0 Å². The lowest BCUT2D eigenvalue weighted by molar-refractivity contribution is -0.100. The third-order valence-electron chi connectivity index (χ3n) is 7.72. The summed E-state index contributed by atoms with van der Waals surface area (Å²) in [7, 11) is 4.53. The van der Waals surface area contributed by atoms with Crippen LogP contribution in [0.25, 0.3) is 0 Å². The molecule has 1 saturated heterocycles. The highest BCUT2D eigenvalue weighted by Crippen LogP contribution is 2.47. The van der Waals surface area contributed by atoms with Crippen LogP contribution in [0.4, 0.5) is 0 Å². The fraction of sp³-hybridized carbons (Fsp3) is 0.290. The number of aromatic nitrogens is 2. The van der Waals surface area contributed by atoms with Crippen molar-refractivity contribution < 1.29 is 29.2 Å². The maximum atomic E-state index is 12.7. The van der Waals surface area contributed by atoms with E-state index in [1.807, 2.05) is 54.6 Å². The molecule has 214 valence electrons. The molecule has 5 atom stereocenters. The molecule has 41 heavy (non-hydrogen) atoms. The zero-order valence-corrected chi connectivity index (χ0v) is 22.8. The van der Waals surface area contributed by atoms with Gasteiger partial charge in [0.15, 0.2) is 6.23 Å².